The van der Waals surface area contributed by atoms with Crippen molar-refractivity contribution in [1.29, 1.82) is 0 Å². The number of aromatic hydroxyl groups is 1. The van der Waals surface area contributed by atoms with Crippen LogP contribution in [0.5, 0.6) is 5.75 Å². The maximum atomic E-state index is 11.1. The van der Waals surface area contributed by atoms with Gasteiger partial charge in [0.15, 0.2) is 0 Å². The van der Waals surface area contributed by atoms with Gasteiger partial charge in [-0.2, -0.15) is 0 Å². The molecular formula is C9H10KO3. The molecule has 0 saturated heterocycles. The number of esters is 1. The van der Waals surface area contributed by atoms with E-state index in [2.05, 4.69) is 0 Å². The zero-order valence-corrected chi connectivity index (χ0v) is 10.9. The van der Waals surface area contributed by atoms with Crippen LogP contribution in [0.3, 0.4) is 0 Å². The molecule has 0 heterocycles. The number of hydrogen-bond donors (Lipinski definition) is 1. The zero-order chi connectivity index (χ0) is 8.97. The van der Waals surface area contributed by atoms with Crippen LogP contribution in [-0.2, 0) is 4.74 Å². The largest absolute Gasteiger partial charge is 0.507 e. The molecule has 0 aliphatic carbocycles. The molecule has 0 unspecified atom stereocenters. The Bertz CT molecular complexity index is 286. The van der Waals surface area contributed by atoms with Crippen LogP contribution in [0.2, 0.25) is 0 Å². The van der Waals surface area contributed by atoms with Gasteiger partial charge >= 0.3 is 5.97 Å². The summed E-state index contributed by atoms with van der Waals surface area (Å²) in [5.74, 6) is -0.536. The summed E-state index contributed by atoms with van der Waals surface area (Å²) in [4.78, 5) is 11.1. The second-order valence-corrected chi connectivity index (χ2v) is 2.24. The molecule has 1 rings (SSSR count). The average Bonchev–Trinajstić information content (AvgIpc) is 2.05. The topological polar surface area (TPSA) is 46.5 Å². The third-order valence-electron chi connectivity index (χ3n) is 1.40. The molecule has 0 aliphatic rings. The van der Waals surface area contributed by atoms with E-state index in [-0.39, 0.29) is 62.7 Å². The number of benzene rings is 1. The Morgan fingerprint density at radius 3 is 2.62 bits per heavy atom. The Morgan fingerprint density at radius 1 is 1.46 bits per heavy atom. The second kappa shape index (κ2) is 6.56. The van der Waals surface area contributed by atoms with Crippen LogP contribution < -0.4 is 0 Å². The van der Waals surface area contributed by atoms with Crippen LogP contribution in [0.4, 0.5) is 0 Å². The van der Waals surface area contributed by atoms with Crippen molar-refractivity contribution in [2.24, 2.45) is 0 Å². The van der Waals surface area contributed by atoms with E-state index in [0.29, 0.717) is 6.61 Å². The summed E-state index contributed by atoms with van der Waals surface area (Å²) in [5, 5.41) is 9.21. The molecule has 0 saturated carbocycles. The van der Waals surface area contributed by atoms with Crippen molar-refractivity contribution < 1.29 is 14.6 Å². The van der Waals surface area contributed by atoms with Gasteiger partial charge in [-0.1, -0.05) is 12.1 Å². The fraction of sp³-hybridized carbons (Fsp3) is 0.222. The summed E-state index contributed by atoms with van der Waals surface area (Å²) in [6, 6.07) is 6.30. The van der Waals surface area contributed by atoms with Crippen LogP contribution in [0, 0.1) is 0 Å². The molecule has 1 N–H and O–H groups in total. The van der Waals surface area contributed by atoms with Gasteiger partial charge in [-0.25, -0.2) is 4.79 Å². The molecule has 0 fully saturated rings. The average molecular weight is 205 g/mol. The normalized spacial score (nSPS) is 8.69. The molecule has 65 valence electrons. The van der Waals surface area contributed by atoms with Crippen LogP contribution in [-0.4, -0.2) is 69.1 Å². The number of phenolic OH excluding ortho intramolecular Hbond substituents is 1. The van der Waals surface area contributed by atoms with Gasteiger partial charge in [0.25, 0.3) is 0 Å². The molecule has 13 heavy (non-hydrogen) atoms. The molecule has 0 atom stereocenters. The van der Waals surface area contributed by atoms with E-state index in [4.69, 9.17) is 4.74 Å². The zero-order valence-electron chi connectivity index (χ0n) is 7.78. The number of rotatable bonds is 2. The van der Waals surface area contributed by atoms with Gasteiger partial charge in [0.1, 0.15) is 11.3 Å². The summed E-state index contributed by atoms with van der Waals surface area (Å²) in [6.45, 7) is 2.03. The third-order valence-corrected chi connectivity index (χ3v) is 1.40. The van der Waals surface area contributed by atoms with Crippen molar-refractivity contribution in [3.05, 3.63) is 29.8 Å². The minimum atomic E-state index is -0.490. The number of hydrogen-bond acceptors (Lipinski definition) is 3. The summed E-state index contributed by atoms with van der Waals surface area (Å²) >= 11 is 0. The number of para-hydroxylation sites is 1. The molecule has 0 aliphatic heterocycles. The van der Waals surface area contributed by atoms with Crippen molar-refractivity contribution in [2.75, 3.05) is 6.61 Å². The Kier molecular flexibility index (Phi) is 6.62. The van der Waals surface area contributed by atoms with Crippen molar-refractivity contribution in [1.82, 2.24) is 0 Å². The van der Waals surface area contributed by atoms with Gasteiger partial charge in [-0.15, -0.1) is 0 Å². The second-order valence-electron chi connectivity index (χ2n) is 2.24. The molecular weight excluding hydrogens is 195 g/mol. The van der Waals surface area contributed by atoms with Crippen molar-refractivity contribution in [3.8, 4) is 5.75 Å². The number of ether oxygens (including phenoxy) is 1. The quantitative estimate of drug-likeness (QED) is 0.582. The van der Waals surface area contributed by atoms with E-state index in [1.807, 2.05) is 0 Å². The maximum absolute atomic E-state index is 11.1. The number of carbonyl (C=O) groups is 1. The molecule has 0 amide bonds. The smallest absolute Gasteiger partial charge is 0.341 e. The van der Waals surface area contributed by atoms with E-state index >= 15 is 0 Å². The van der Waals surface area contributed by atoms with Crippen molar-refractivity contribution in [3.63, 3.8) is 0 Å². The molecule has 4 heteroatoms. The molecule has 1 radical (unpaired) electrons. The van der Waals surface area contributed by atoms with Crippen LogP contribution in [0.1, 0.15) is 17.3 Å². The van der Waals surface area contributed by atoms with Gasteiger partial charge in [0, 0.05) is 51.4 Å². The molecule has 0 spiro atoms. The number of phenols is 1. The van der Waals surface area contributed by atoms with E-state index in [1.165, 1.54) is 12.1 Å². The van der Waals surface area contributed by atoms with E-state index in [1.54, 1.807) is 19.1 Å². The molecule has 1 aromatic rings. The Morgan fingerprint density at radius 2 is 2.08 bits per heavy atom. The third kappa shape index (κ3) is 3.78. The van der Waals surface area contributed by atoms with Gasteiger partial charge in [0.2, 0.25) is 0 Å². The first-order chi connectivity index (χ1) is 5.75. The molecule has 1 aromatic carbocycles. The molecule has 0 bridgehead atoms. The summed E-state index contributed by atoms with van der Waals surface area (Å²) in [6.07, 6.45) is 0. The summed E-state index contributed by atoms with van der Waals surface area (Å²) < 4.78 is 4.71. The van der Waals surface area contributed by atoms with E-state index in [0.717, 1.165) is 0 Å². The fourth-order valence-corrected chi connectivity index (χ4v) is 0.855. The van der Waals surface area contributed by atoms with E-state index < -0.39 is 5.97 Å². The molecule has 3 nitrogen and oxygen atoms in total. The standard InChI is InChI=1S/C9H10O3.K/c1-2-12-9(11)7-5-3-4-6-8(7)10;/h3-6,10H,2H2,1H3;. The predicted molar refractivity (Wildman–Crippen MR) is 49.8 cm³/mol. The number of carbonyl (C=O) groups excluding carboxylic acids is 1. The van der Waals surface area contributed by atoms with Crippen LogP contribution in [0.25, 0.3) is 0 Å². The first-order valence-corrected chi connectivity index (χ1v) is 3.70. The fourth-order valence-electron chi connectivity index (χ4n) is 0.855. The predicted octanol–water partition coefficient (Wildman–Crippen LogP) is 1.19. The monoisotopic (exact) mass is 205 g/mol. The van der Waals surface area contributed by atoms with Crippen molar-refractivity contribution in [2.45, 2.75) is 6.92 Å². The minimum absolute atomic E-state index is 0. The molecule has 0 aromatic heterocycles. The summed E-state index contributed by atoms with van der Waals surface area (Å²) in [5.41, 5.74) is 0.208. The van der Waals surface area contributed by atoms with Gasteiger partial charge in [-0.05, 0) is 19.1 Å². The first kappa shape index (κ1) is 13.1. The Hall–Kier alpha value is 0.126. The first-order valence-electron chi connectivity index (χ1n) is 3.70. The van der Waals surface area contributed by atoms with E-state index in [9.17, 15) is 9.90 Å². The van der Waals surface area contributed by atoms with Gasteiger partial charge < -0.3 is 9.84 Å². The van der Waals surface area contributed by atoms with Gasteiger partial charge in [-0.3, -0.25) is 0 Å². The van der Waals surface area contributed by atoms with Crippen molar-refractivity contribution >= 4 is 57.4 Å². The minimum Gasteiger partial charge on any atom is -0.507 e. The Balaban J connectivity index is 0.00000144. The van der Waals surface area contributed by atoms with Crippen LogP contribution in [0.15, 0.2) is 24.3 Å². The maximum Gasteiger partial charge on any atom is 0.341 e. The SMILES string of the molecule is CCOC(=O)c1ccccc1O.[K]. The van der Waals surface area contributed by atoms with Gasteiger partial charge in [0.05, 0.1) is 6.61 Å². The Labute approximate surface area is 120 Å². The van der Waals surface area contributed by atoms with Crippen LogP contribution >= 0.6 is 0 Å². The summed E-state index contributed by atoms with van der Waals surface area (Å²) in [7, 11) is 0.